The highest BCUT2D eigenvalue weighted by atomic mass is 16.2. The summed E-state index contributed by atoms with van der Waals surface area (Å²) in [4.78, 5) is 16.7. The zero-order chi connectivity index (χ0) is 18.5. The molecule has 0 radical (unpaired) electrons. The van der Waals surface area contributed by atoms with Crippen molar-refractivity contribution < 1.29 is 4.79 Å². The van der Waals surface area contributed by atoms with Crippen LogP contribution in [0.2, 0.25) is 0 Å². The van der Waals surface area contributed by atoms with Crippen LogP contribution in [0.1, 0.15) is 50.2 Å². The second-order valence-electron chi connectivity index (χ2n) is 8.35. The maximum absolute atomic E-state index is 12.1. The van der Waals surface area contributed by atoms with Crippen LogP contribution in [0.4, 0.5) is 0 Å². The standard InChI is InChI=1S/C22H35N3O/c1-17(2)22(26)25-13-9-20(10-14-25)23-11-15-24-12-8-19(16-24)21-7-5-4-6-18(21)3/h4-7,17,19-20,23H,8-16H2,1-3H3/t19-/m1/s1. The molecule has 1 atom stereocenters. The van der Waals surface area contributed by atoms with Gasteiger partial charge in [-0.3, -0.25) is 4.79 Å². The van der Waals surface area contributed by atoms with Crippen LogP contribution in [-0.2, 0) is 4.79 Å². The molecule has 0 unspecified atom stereocenters. The van der Waals surface area contributed by atoms with Crippen LogP contribution in [-0.4, -0.2) is 61.0 Å². The summed E-state index contributed by atoms with van der Waals surface area (Å²) in [5.41, 5.74) is 2.96. The van der Waals surface area contributed by atoms with Gasteiger partial charge < -0.3 is 15.1 Å². The molecule has 0 bridgehead atoms. The number of hydrogen-bond donors (Lipinski definition) is 1. The zero-order valence-corrected chi connectivity index (χ0v) is 16.7. The summed E-state index contributed by atoms with van der Waals surface area (Å²) in [6.07, 6.45) is 3.45. The lowest BCUT2D eigenvalue weighted by Crippen LogP contribution is -2.47. The second-order valence-corrected chi connectivity index (χ2v) is 8.35. The Hall–Kier alpha value is -1.39. The first-order valence-electron chi connectivity index (χ1n) is 10.3. The predicted molar refractivity (Wildman–Crippen MR) is 107 cm³/mol. The van der Waals surface area contributed by atoms with Crippen molar-refractivity contribution in [3.8, 4) is 0 Å². The highest BCUT2D eigenvalue weighted by Gasteiger charge is 2.26. The van der Waals surface area contributed by atoms with Gasteiger partial charge >= 0.3 is 0 Å². The zero-order valence-electron chi connectivity index (χ0n) is 16.7. The molecule has 1 N–H and O–H groups in total. The molecule has 1 aromatic carbocycles. The lowest BCUT2D eigenvalue weighted by atomic mass is 9.94. The van der Waals surface area contributed by atoms with Gasteiger partial charge in [0, 0.05) is 44.7 Å². The van der Waals surface area contributed by atoms with Crippen LogP contribution >= 0.6 is 0 Å². The molecule has 2 heterocycles. The Kier molecular flexibility index (Phi) is 6.71. The van der Waals surface area contributed by atoms with Gasteiger partial charge in [0.1, 0.15) is 0 Å². The van der Waals surface area contributed by atoms with E-state index in [2.05, 4.69) is 41.4 Å². The molecule has 2 fully saturated rings. The summed E-state index contributed by atoms with van der Waals surface area (Å²) in [5, 5.41) is 3.72. The van der Waals surface area contributed by atoms with Crippen LogP contribution in [0.25, 0.3) is 0 Å². The van der Waals surface area contributed by atoms with Crippen molar-refractivity contribution in [2.24, 2.45) is 5.92 Å². The molecular formula is C22H35N3O. The minimum absolute atomic E-state index is 0.121. The number of benzene rings is 1. The summed E-state index contributed by atoms with van der Waals surface area (Å²) in [7, 11) is 0. The molecule has 2 aliphatic rings. The number of rotatable bonds is 6. The summed E-state index contributed by atoms with van der Waals surface area (Å²) in [6, 6.07) is 9.41. The van der Waals surface area contributed by atoms with Crippen LogP contribution in [0.5, 0.6) is 0 Å². The number of likely N-dealkylation sites (tertiary alicyclic amines) is 2. The number of aryl methyl sites for hydroxylation is 1. The average molecular weight is 358 g/mol. The fraction of sp³-hybridized carbons (Fsp3) is 0.682. The Balaban J connectivity index is 1.35. The van der Waals surface area contributed by atoms with Gasteiger partial charge in [-0.25, -0.2) is 0 Å². The Labute approximate surface area is 158 Å². The third-order valence-corrected chi connectivity index (χ3v) is 6.06. The first-order valence-corrected chi connectivity index (χ1v) is 10.3. The van der Waals surface area contributed by atoms with E-state index in [9.17, 15) is 4.79 Å². The summed E-state index contributed by atoms with van der Waals surface area (Å²) >= 11 is 0. The van der Waals surface area contributed by atoms with Gasteiger partial charge in [0.05, 0.1) is 0 Å². The smallest absolute Gasteiger partial charge is 0.225 e. The lowest BCUT2D eigenvalue weighted by molar-refractivity contribution is -0.135. The summed E-state index contributed by atoms with van der Waals surface area (Å²) in [5.74, 6) is 1.13. The van der Waals surface area contributed by atoms with Gasteiger partial charge in [0.25, 0.3) is 0 Å². The average Bonchev–Trinajstić information content (AvgIpc) is 3.10. The fourth-order valence-electron chi connectivity index (χ4n) is 4.43. The maximum Gasteiger partial charge on any atom is 0.225 e. The second kappa shape index (κ2) is 9.01. The van der Waals surface area contributed by atoms with E-state index in [0.29, 0.717) is 17.9 Å². The molecule has 3 rings (SSSR count). The molecule has 2 aliphatic heterocycles. The molecule has 144 valence electrons. The summed E-state index contributed by atoms with van der Waals surface area (Å²) < 4.78 is 0. The lowest BCUT2D eigenvalue weighted by Gasteiger charge is -2.33. The topological polar surface area (TPSA) is 35.6 Å². The quantitative estimate of drug-likeness (QED) is 0.850. The van der Waals surface area contributed by atoms with E-state index in [1.165, 1.54) is 30.6 Å². The number of carbonyl (C=O) groups excluding carboxylic acids is 1. The Morgan fingerprint density at radius 1 is 1.15 bits per heavy atom. The first-order chi connectivity index (χ1) is 12.5. The number of nitrogens with one attached hydrogen (secondary N) is 1. The minimum atomic E-state index is 0.121. The molecule has 0 aromatic heterocycles. The molecule has 4 heteroatoms. The highest BCUT2D eigenvalue weighted by Crippen LogP contribution is 2.28. The van der Waals surface area contributed by atoms with Crippen molar-refractivity contribution in [1.29, 1.82) is 0 Å². The van der Waals surface area contributed by atoms with Gasteiger partial charge in [-0.1, -0.05) is 38.1 Å². The molecule has 0 spiro atoms. The molecule has 1 amide bonds. The summed E-state index contributed by atoms with van der Waals surface area (Å²) in [6.45, 7) is 12.6. The molecule has 1 aromatic rings. The van der Waals surface area contributed by atoms with Gasteiger partial charge in [0.2, 0.25) is 5.91 Å². The Bertz CT molecular complexity index is 593. The first kappa shape index (κ1) is 19.4. The van der Waals surface area contributed by atoms with E-state index in [1.807, 2.05) is 18.7 Å². The van der Waals surface area contributed by atoms with Gasteiger partial charge in [0.15, 0.2) is 0 Å². The van der Waals surface area contributed by atoms with Crippen LogP contribution < -0.4 is 5.32 Å². The van der Waals surface area contributed by atoms with E-state index in [0.717, 1.165) is 39.0 Å². The number of amides is 1. The fourth-order valence-corrected chi connectivity index (χ4v) is 4.43. The molecule has 4 nitrogen and oxygen atoms in total. The van der Waals surface area contributed by atoms with Gasteiger partial charge in [-0.2, -0.15) is 0 Å². The molecule has 2 saturated heterocycles. The van der Waals surface area contributed by atoms with E-state index in [4.69, 9.17) is 0 Å². The van der Waals surface area contributed by atoms with Crippen molar-refractivity contribution in [3.63, 3.8) is 0 Å². The Morgan fingerprint density at radius 2 is 1.88 bits per heavy atom. The number of carbonyl (C=O) groups is 1. The molecule has 0 saturated carbocycles. The third kappa shape index (κ3) is 4.86. The maximum atomic E-state index is 12.1. The van der Waals surface area contributed by atoms with Crippen molar-refractivity contribution in [2.75, 3.05) is 39.3 Å². The highest BCUT2D eigenvalue weighted by molar-refractivity contribution is 5.78. The SMILES string of the molecule is Cc1ccccc1[C@@H]1CCN(CCNC2CCN(C(=O)C(C)C)CC2)C1. The van der Waals surface area contributed by atoms with Crippen LogP contribution in [0, 0.1) is 12.8 Å². The van der Waals surface area contributed by atoms with Crippen molar-refractivity contribution in [2.45, 2.75) is 52.0 Å². The van der Waals surface area contributed by atoms with Crippen LogP contribution in [0.3, 0.4) is 0 Å². The van der Waals surface area contributed by atoms with Gasteiger partial charge in [-0.15, -0.1) is 0 Å². The van der Waals surface area contributed by atoms with E-state index in [1.54, 1.807) is 0 Å². The van der Waals surface area contributed by atoms with Crippen molar-refractivity contribution in [1.82, 2.24) is 15.1 Å². The number of hydrogen-bond acceptors (Lipinski definition) is 3. The van der Waals surface area contributed by atoms with E-state index in [-0.39, 0.29) is 5.92 Å². The van der Waals surface area contributed by atoms with Gasteiger partial charge in [-0.05, 0) is 49.8 Å². The molecular weight excluding hydrogens is 322 g/mol. The molecule has 0 aliphatic carbocycles. The largest absolute Gasteiger partial charge is 0.342 e. The molecule has 26 heavy (non-hydrogen) atoms. The number of nitrogens with zero attached hydrogens (tertiary/aromatic N) is 2. The third-order valence-electron chi connectivity index (χ3n) is 6.06. The van der Waals surface area contributed by atoms with E-state index < -0.39 is 0 Å². The Morgan fingerprint density at radius 3 is 2.58 bits per heavy atom. The number of piperidine rings is 1. The predicted octanol–water partition coefficient (Wildman–Crippen LogP) is 3.02. The van der Waals surface area contributed by atoms with Crippen molar-refractivity contribution in [3.05, 3.63) is 35.4 Å². The monoisotopic (exact) mass is 357 g/mol. The van der Waals surface area contributed by atoms with E-state index >= 15 is 0 Å². The minimum Gasteiger partial charge on any atom is -0.342 e. The van der Waals surface area contributed by atoms with Crippen molar-refractivity contribution >= 4 is 5.91 Å². The van der Waals surface area contributed by atoms with Crippen LogP contribution in [0.15, 0.2) is 24.3 Å². The normalized spacial score (nSPS) is 22.3.